The van der Waals surface area contributed by atoms with Crippen molar-refractivity contribution >= 4 is 34.8 Å². The molecule has 1 N–H and O–H groups in total. The minimum absolute atomic E-state index is 0.203. The summed E-state index contributed by atoms with van der Waals surface area (Å²) >= 11 is 7.19. The Hall–Kier alpha value is -1.07. The zero-order valence-corrected chi connectivity index (χ0v) is 12.1. The van der Waals surface area contributed by atoms with E-state index in [1.54, 1.807) is 13.0 Å². The van der Waals surface area contributed by atoms with Crippen molar-refractivity contribution in [1.29, 1.82) is 0 Å². The van der Waals surface area contributed by atoms with Gasteiger partial charge in [-0.1, -0.05) is 18.5 Å². The number of esters is 1. The van der Waals surface area contributed by atoms with Crippen molar-refractivity contribution in [1.82, 2.24) is 5.32 Å². The molecular formula is C12H16ClNO3S. The van der Waals surface area contributed by atoms with Gasteiger partial charge in [0.1, 0.15) is 6.04 Å². The molecule has 0 bridgehead atoms. The summed E-state index contributed by atoms with van der Waals surface area (Å²) in [7, 11) is 1.31. The van der Waals surface area contributed by atoms with E-state index in [9.17, 15) is 9.59 Å². The maximum atomic E-state index is 12.0. The number of rotatable bonds is 5. The third-order valence-electron chi connectivity index (χ3n) is 2.62. The van der Waals surface area contributed by atoms with Crippen molar-refractivity contribution in [2.45, 2.75) is 32.2 Å². The zero-order chi connectivity index (χ0) is 13.7. The molecule has 1 heterocycles. The van der Waals surface area contributed by atoms with Crippen molar-refractivity contribution in [2.75, 3.05) is 7.11 Å². The van der Waals surface area contributed by atoms with Crippen LogP contribution in [-0.4, -0.2) is 25.0 Å². The van der Waals surface area contributed by atoms with Crippen LogP contribution in [-0.2, 0) is 14.3 Å². The van der Waals surface area contributed by atoms with Crippen LogP contribution in [0.5, 0.6) is 0 Å². The summed E-state index contributed by atoms with van der Waals surface area (Å²) in [4.78, 5) is 24.2. The van der Waals surface area contributed by atoms with Crippen molar-refractivity contribution in [2.24, 2.45) is 0 Å². The summed E-state index contributed by atoms with van der Waals surface area (Å²) in [5.74, 6) is -0.964. The molecular weight excluding hydrogens is 274 g/mol. The molecule has 0 saturated heterocycles. The topological polar surface area (TPSA) is 55.4 Å². The number of hydrogen-bond donors (Lipinski definition) is 1. The molecule has 0 radical (unpaired) electrons. The molecule has 2 unspecified atom stereocenters. The second kappa shape index (κ2) is 6.75. The molecule has 0 aromatic carbocycles. The van der Waals surface area contributed by atoms with Crippen LogP contribution in [0, 0.1) is 0 Å². The SMILES string of the molecule is CCC(NC(=O)C(C)c1ccc(Cl)s1)C(=O)OC. The van der Waals surface area contributed by atoms with Crippen molar-refractivity contribution in [3.63, 3.8) is 0 Å². The molecule has 0 saturated carbocycles. The highest BCUT2D eigenvalue weighted by Gasteiger charge is 2.24. The Labute approximate surface area is 115 Å². The van der Waals surface area contributed by atoms with Gasteiger partial charge in [0, 0.05) is 4.88 Å². The monoisotopic (exact) mass is 289 g/mol. The Bertz CT molecular complexity index is 433. The summed E-state index contributed by atoms with van der Waals surface area (Å²) in [6.45, 7) is 3.59. The quantitative estimate of drug-likeness (QED) is 0.848. The van der Waals surface area contributed by atoms with Crippen LogP contribution in [0.3, 0.4) is 0 Å². The number of hydrogen-bond acceptors (Lipinski definition) is 4. The smallest absolute Gasteiger partial charge is 0.328 e. The van der Waals surface area contributed by atoms with Crippen LogP contribution in [0.4, 0.5) is 0 Å². The Kier molecular flexibility index (Phi) is 5.62. The highest BCUT2D eigenvalue weighted by atomic mass is 35.5. The van der Waals surface area contributed by atoms with E-state index in [2.05, 4.69) is 10.1 Å². The number of carbonyl (C=O) groups excluding carboxylic acids is 2. The largest absolute Gasteiger partial charge is 0.467 e. The number of nitrogens with one attached hydrogen (secondary N) is 1. The molecule has 1 rings (SSSR count). The van der Waals surface area contributed by atoms with Crippen molar-refractivity contribution in [3.05, 3.63) is 21.3 Å². The molecule has 6 heteroatoms. The number of halogens is 1. The lowest BCUT2D eigenvalue weighted by Gasteiger charge is -2.17. The van der Waals surface area contributed by atoms with Crippen LogP contribution < -0.4 is 5.32 Å². The van der Waals surface area contributed by atoms with Crippen LogP contribution in [0.15, 0.2) is 12.1 Å². The summed E-state index contributed by atoms with van der Waals surface area (Å²) in [6, 6.07) is 2.97. The van der Waals surface area contributed by atoms with Gasteiger partial charge in [0.25, 0.3) is 0 Å². The predicted octanol–water partition coefficient (Wildman–Crippen LogP) is 2.57. The Morgan fingerprint density at radius 2 is 2.17 bits per heavy atom. The first-order valence-electron chi connectivity index (χ1n) is 5.63. The van der Waals surface area contributed by atoms with E-state index in [1.807, 2.05) is 13.0 Å². The molecule has 0 aliphatic rings. The van der Waals surface area contributed by atoms with E-state index < -0.39 is 12.0 Å². The van der Waals surface area contributed by atoms with Gasteiger partial charge < -0.3 is 10.1 Å². The fourth-order valence-corrected chi connectivity index (χ4v) is 2.57. The van der Waals surface area contributed by atoms with E-state index in [0.29, 0.717) is 10.8 Å². The van der Waals surface area contributed by atoms with Gasteiger partial charge >= 0.3 is 5.97 Å². The Morgan fingerprint density at radius 3 is 2.61 bits per heavy atom. The molecule has 1 aromatic heterocycles. The van der Waals surface area contributed by atoms with E-state index in [-0.39, 0.29) is 11.8 Å². The fraction of sp³-hybridized carbons (Fsp3) is 0.500. The Morgan fingerprint density at radius 1 is 1.50 bits per heavy atom. The van der Waals surface area contributed by atoms with E-state index in [1.165, 1.54) is 18.4 Å². The van der Waals surface area contributed by atoms with E-state index >= 15 is 0 Å². The summed E-state index contributed by atoms with van der Waals surface area (Å²) in [6.07, 6.45) is 0.496. The van der Waals surface area contributed by atoms with E-state index in [0.717, 1.165) is 4.88 Å². The number of methoxy groups -OCH3 is 1. The lowest BCUT2D eigenvalue weighted by molar-refractivity contribution is -0.145. The minimum atomic E-state index is -0.597. The maximum absolute atomic E-state index is 12.0. The Balaban J connectivity index is 2.67. The van der Waals surface area contributed by atoms with Crippen LogP contribution in [0.2, 0.25) is 4.34 Å². The molecule has 1 aromatic rings. The average molecular weight is 290 g/mol. The average Bonchev–Trinajstić information content (AvgIpc) is 2.80. The summed E-state index contributed by atoms with van der Waals surface area (Å²) in [5.41, 5.74) is 0. The highest BCUT2D eigenvalue weighted by Crippen LogP contribution is 2.28. The minimum Gasteiger partial charge on any atom is -0.467 e. The molecule has 0 spiro atoms. The normalized spacial score (nSPS) is 13.8. The number of carbonyl (C=O) groups is 2. The van der Waals surface area contributed by atoms with Gasteiger partial charge in [-0.05, 0) is 25.5 Å². The summed E-state index contributed by atoms with van der Waals surface area (Å²) in [5, 5.41) is 2.67. The van der Waals surface area contributed by atoms with Gasteiger partial charge in [0.15, 0.2) is 0 Å². The van der Waals surface area contributed by atoms with Crippen molar-refractivity contribution in [3.8, 4) is 0 Å². The molecule has 4 nitrogen and oxygen atoms in total. The molecule has 100 valence electrons. The fourth-order valence-electron chi connectivity index (χ4n) is 1.46. The highest BCUT2D eigenvalue weighted by molar-refractivity contribution is 7.16. The molecule has 2 atom stereocenters. The zero-order valence-electron chi connectivity index (χ0n) is 10.5. The van der Waals surface area contributed by atoms with Gasteiger partial charge in [-0.25, -0.2) is 4.79 Å². The predicted molar refractivity (Wildman–Crippen MR) is 72.0 cm³/mol. The van der Waals surface area contributed by atoms with Crippen LogP contribution >= 0.6 is 22.9 Å². The maximum Gasteiger partial charge on any atom is 0.328 e. The molecule has 18 heavy (non-hydrogen) atoms. The molecule has 0 fully saturated rings. The lowest BCUT2D eigenvalue weighted by Crippen LogP contribution is -2.42. The first-order chi connectivity index (χ1) is 8.49. The van der Waals surface area contributed by atoms with Crippen LogP contribution in [0.25, 0.3) is 0 Å². The molecule has 0 aliphatic carbocycles. The number of amides is 1. The third kappa shape index (κ3) is 3.71. The van der Waals surface area contributed by atoms with Crippen molar-refractivity contribution < 1.29 is 14.3 Å². The lowest BCUT2D eigenvalue weighted by atomic mass is 10.1. The van der Waals surface area contributed by atoms with E-state index in [4.69, 9.17) is 11.6 Å². The van der Waals surface area contributed by atoms with Gasteiger partial charge in [0.2, 0.25) is 5.91 Å². The first-order valence-corrected chi connectivity index (χ1v) is 6.82. The third-order valence-corrected chi connectivity index (χ3v) is 4.04. The van der Waals surface area contributed by atoms with Gasteiger partial charge in [-0.2, -0.15) is 0 Å². The van der Waals surface area contributed by atoms with Crippen LogP contribution in [0.1, 0.15) is 31.1 Å². The summed E-state index contributed by atoms with van der Waals surface area (Å²) < 4.78 is 5.26. The van der Waals surface area contributed by atoms with Gasteiger partial charge in [0.05, 0.1) is 17.4 Å². The van der Waals surface area contributed by atoms with Gasteiger partial charge in [-0.3, -0.25) is 4.79 Å². The molecule has 1 amide bonds. The number of thiophene rings is 1. The number of ether oxygens (including phenoxy) is 1. The first kappa shape index (κ1) is 15.0. The van der Waals surface area contributed by atoms with Gasteiger partial charge in [-0.15, -0.1) is 11.3 Å². The standard InChI is InChI=1S/C12H16ClNO3S/c1-4-8(12(16)17-3)14-11(15)7(2)9-5-6-10(13)18-9/h5-8H,4H2,1-3H3,(H,14,15). The second-order valence-electron chi connectivity index (χ2n) is 3.86. The molecule has 0 aliphatic heterocycles. The second-order valence-corrected chi connectivity index (χ2v) is 5.60.